The molecule has 2 atom stereocenters. The van der Waals surface area contributed by atoms with Gasteiger partial charge in [0.25, 0.3) is 0 Å². The van der Waals surface area contributed by atoms with Crippen LogP contribution in [0.3, 0.4) is 0 Å². The van der Waals surface area contributed by atoms with E-state index in [2.05, 4.69) is 59.3 Å². The van der Waals surface area contributed by atoms with Crippen molar-refractivity contribution >= 4 is 0 Å². The normalized spacial score (nSPS) is 16.3. The molecule has 0 saturated heterocycles. The quantitative estimate of drug-likeness (QED) is 0.596. The molecule has 88 valence electrons. The number of hydrogen-bond donors (Lipinski definition) is 0. The maximum atomic E-state index is 3.83. The van der Waals surface area contributed by atoms with Crippen molar-refractivity contribution < 1.29 is 0 Å². The third kappa shape index (κ3) is 4.55. The van der Waals surface area contributed by atoms with Crippen molar-refractivity contribution in [3.05, 3.63) is 24.4 Å². The maximum Gasteiger partial charge on any atom is 0.0281 e. The lowest BCUT2D eigenvalue weighted by Crippen LogP contribution is -2.33. The van der Waals surface area contributed by atoms with Crippen LogP contribution in [0.1, 0.15) is 41.0 Å². The zero-order valence-corrected chi connectivity index (χ0v) is 11.2. The lowest BCUT2D eigenvalue weighted by atomic mass is 9.90. The summed E-state index contributed by atoms with van der Waals surface area (Å²) in [6, 6.07) is 0.575. The zero-order chi connectivity index (χ0) is 12.0. The molecule has 0 aromatic rings. The molecule has 0 aromatic heterocycles. The lowest BCUT2D eigenvalue weighted by molar-refractivity contribution is 0.219. The van der Waals surface area contributed by atoms with E-state index in [0.29, 0.717) is 12.0 Å². The summed E-state index contributed by atoms with van der Waals surface area (Å²) >= 11 is 0. The van der Waals surface area contributed by atoms with Crippen LogP contribution in [0.5, 0.6) is 0 Å². The molecule has 0 heterocycles. The van der Waals surface area contributed by atoms with Gasteiger partial charge in [0, 0.05) is 19.3 Å². The Morgan fingerprint density at radius 1 is 1.27 bits per heavy atom. The maximum absolute atomic E-state index is 3.83. The molecule has 0 aliphatic rings. The van der Waals surface area contributed by atoms with Gasteiger partial charge in [-0.2, -0.15) is 0 Å². The summed E-state index contributed by atoms with van der Waals surface area (Å²) < 4.78 is 0. The summed E-state index contributed by atoms with van der Waals surface area (Å²) in [7, 11) is 2.16. The molecule has 0 aromatic carbocycles. The monoisotopic (exact) mass is 209 g/mol. The second kappa shape index (κ2) is 6.71. The molecule has 0 rings (SSSR count). The van der Waals surface area contributed by atoms with Crippen LogP contribution in [-0.4, -0.2) is 18.0 Å². The van der Waals surface area contributed by atoms with Crippen molar-refractivity contribution in [2.45, 2.75) is 47.1 Å². The van der Waals surface area contributed by atoms with Crippen LogP contribution in [0.2, 0.25) is 0 Å². The second-order valence-corrected chi connectivity index (χ2v) is 4.77. The van der Waals surface area contributed by atoms with Gasteiger partial charge in [0.1, 0.15) is 0 Å². The first kappa shape index (κ1) is 14.3. The van der Waals surface area contributed by atoms with Gasteiger partial charge in [0.05, 0.1) is 0 Å². The minimum absolute atomic E-state index is 0.575. The summed E-state index contributed by atoms with van der Waals surface area (Å²) in [5.74, 6) is 1.43. The zero-order valence-electron chi connectivity index (χ0n) is 11.2. The Balaban J connectivity index is 4.50. The predicted octanol–water partition coefficient (Wildman–Crippen LogP) is 4.08. The molecule has 0 aliphatic carbocycles. The molecule has 0 N–H and O–H groups in total. The van der Waals surface area contributed by atoms with Crippen LogP contribution in [0.25, 0.3) is 0 Å². The van der Waals surface area contributed by atoms with E-state index in [-0.39, 0.29) is 0 Å². The van der Waals surface area contributed by atoms with Crippen molar-refractivity contribution in [3.8, 4) is 0 Å². The van der Waals surface area contributed by atoms with Crippen LogP contribution in [-0.2, 0) is 0 Å². The summed E-state index contributed by atoms with van der Waals surface area (Å²) in [5.41, 5.74) is 1.31. The fourth-order valence-corrected chi connectivity index (χ4v) is 1.60. The molecular weight excluding hydrogens is 182 g/mol. The Bertz CT molecular complexity index is 215. The van der Waals surface area contributed by atoms with Gasteiger partial charge >= 0.3 is 0 Å². The topological polar surface area (TPSA) is 3.24 Å². The van der Waals surface area contributed by atoms with E-state index in [9.17, 15) is 0 Å². The average molecular weight is 209 g/mol. The Kier molecular flexibility index (Phi) is 6.38. The van der Waals surface area contributed by atoms with Crippen molar-refractivity contribution in [1.82, 2.24) is 4.90 Å². The van der Waals surface area contributed by atoms with Crippen molar-refractivity contribution in [2.75, 3.05) is 7.05 Å². The molecule has 1 heteroatoms. The van der Waals surface area contributed by atoms with Gasteiger partial charge in [-0.1, -0.05) is 40.3 Å². The van der Waals surface area contributed by atoms with Crippen LogP contribution in [0.4, 0.5) is 0 Å². The molecule has 0 fully saturated rings. The summed E-state index contributed by atoms with van der Waals surface area (Å²) in [4.78, 5) is 2.31. The molecule has 0 bridgehead atoms. The van der Waals surface area contributed by atoms with Gasteiger partial charge in [0.2, 0.25) is 0 Å². The van der Waals surface area contributed by atoms with Gasteiger partial charge in [-0.05, 0) is 30.8 Å². The first-order valence-corrected chi connectivity index (χ1v) is 5.99. The molecule has 0 spiro atoms. The van der Waals surface area contributed by atoms with Gasteiger partial charge in [0.15, 0.2) is 0 Å². The van der Waals surface area contributed by atoms with Gasteiger partial charge in [-0.3, -0.25) is 0 Å². The molecule has 0 saturated carbocycles. The Hall–Kier alpha value is -0.720. The third-order valence-corrected chi connectivity index (χ3v) is 3.49. The smallest absolute Gasteiger partial charge is 0.0281 e. The number of hydrogen-bond acceptors (Lipinski definition) is 1. The first-order chi connectivity index (χ1) is 6.93. The molecule has 2 unspecified atom stereocenters. The largest absolute Gasteiger partial charge is 0.377 e. The van der Waals surface area contributed by atoms with Crippen LogP contribution < -0.4 is 0 Å². The standard InChI is InChI=1S/C14H27N/c1-8-14(9-2)10-15(7)13(6)12(5)11(3)4/h8,10-13H,1,9H2,2-7H3/b14-10+. The van der Waals surface area contributed by atoms with Crippen LogP contribution in [0, 0.1) is 11.8 Å². The Labute approximate surface area is 95.9 Å². The van der Waals surface area contributed by atoms with Crippen LogP contribution in [0.15, 0.2) is 24.4 Å². The molecule has 0 amide bonds. The van der Waals surface area contributed by atoms with E-state index in [1.54, 1.807) is 0 Å². The fourth-order valence-electron chi connectivity index (χ4n) is 1.60. The second-order valence-electron chi connectivity index (χ2n) is 4.77. The Morgan fingerprint density at radius 2 is 1.80 bits per heavy atom. The Morgan fingerprint density at radius 3 is 2.13 bits per heavy atom. The predicted molar refractivity (Wildman–Crippen MR) is 69.8 cm³/mol. The minimum Gasteiger partial charge on any atom is -0.377 e. The average Bonchev–Trinajstić information content (AvgIpc) is 2.23. The number of nitrogens with zero attached hydrogens (tertiary/aromatic N) is 1. The summed E-state index contributed by atoms with van der Waals surface area (Å²) in [5, 5.41) is 0. The molecule has 1 nitrogen and oxygen atoms in total. The highest BCUT2D eigenvalue weighted by Crippen LogP contribution is 2.19. The number of rotatable bonds is 6. The van der Waals surface area contributed by atoms with Crippen molar-refractivity contribution in [1.29, 1.82) is 0 Å². The fraction of sp³-hybridized carbons (Fsp3) is 0.714. The first-order valence-electron chi connectivity index (χ1n) is 5.99. The van der Waals surface area contributed by atoms with Crippen LogP contribution >= 0.6 is 0 Å². The highest BCUT2D eigenvalue weighted by molar-refractivity contribution is 5.14. The SMILES string of the molecule is C=C/C(=C\N(C)C(C)C(C)C(C)C)CC. The highest BCUT2D eigenvalue weighted by Gasteiger charge is 2.17. The van der Waals surface area contributed by atoms with Crippen molar-refractivity contribution in [3.63, 3.8) is 0 Å². The third-order valence-electron chi connectivity index (χ3n) is 3.49. The van der Waals surface area contributed by atoms with Gasteiger partial charge in [-0.25, -0.2) is 0 Å². The number of allylic oxidation sites excluding steroid dienone is 2. The molecular formula is C14H27N. The highest BCUT2D eigenvalue weighted by atomic mass is 15.1. The summed E-state index contributed by atoms with van der Waals surface area (Å²) in [6.07, 6.45) is 5.22. The van der Waals surface area contributed by atoms with Gasteiger partial charge in [-0.15, -0.1) is 0 Å². The van der Waals surface area contributed by atoms with E-state index < -0.39 is 0 Å². The summed E-state index contributed by atoms with van der Waals surface area (Å²) in [6.45, 7) is 15.2. The molecule has 0 radical (unpaired) electrons. The molecule has 15 heavy (non-hydrogen) atoms. The van der Waals surface area contributed by atoms with Crippen molar-refractivity contribution in [2.24, 2.45) is 11.8 Å². The van der Waals surface area contributed by atoms with Gasteiger partial charge < -0.3 is 4.90 Å². The molecule has 0 aliphatic heterocycles. The van der Waals surface area contributed by atoms with E-state index in [1.165, 1.54) is 5.57 Å². The van der Waals surface area contributed by atoms with E-state index in [1.807, 2.05) is 6.08 Å². The van der Waals surface area contributed by atoms with E-state index in [0.717, 1.165) is 12.3 Å². The van der Waals surface area contributed by atoms with E-state index >= 15 is 0 Å². The lowest BCUT2D eigenvalue weighted by Gasteiger charge is -2.31. The van der Waals surface area contributed by atoms with E-state index in [4.69, 9.17) is 0 Å². The minimum atomic E-state index is 0.575.